The van der Waals surface area contributed by atoms with Crippen LogP contribution in [-0.2, 0) is 0 Å². The van der Waals surface area contributed by atoms with E-state index in [1.165, 1.54) is 18.4 Å². The van der Waals surface area contributed by atoms with Crippen molar-refractivity contribution in [1.82, 2.24) is 19.9 Å². The predicted molar refractivity (Wildman–Crippen MR) is 123 cm³/mol. The van der Waals surface area contributed by atoms with Crippen LogP contribution in [0.2, 0.25) is 0 Å². The van der Waals surface area contributed by atoms with Crippen molar-refractivity contribution >= 4 is 23.5 Å². The summed E-state index contributed by atoms with van der Waals surface area (Å²) in [7, 11) is 7.35. The molecule has 1 aliphatic rings. The lowest BCUT2D eigenvalue weighted by Gasteiger charge is -2.36. The molecule has 1 aliphatic carbocycles. The van der Waals surface area contributed by atoms with E-state index in [-0.39, 0.29) is 0 Å². The number of nitrogens with one attached hydrogen (secondary N) is 4. The molecule has 1 aromatic carbocycles. The summed E-state index contributed by atoms with van der Waals surface area (Å²) in [6.07, 6.45) is 4.13. The Kier molecular flexibility index (Phi) is 7.37. The topological polar surface area (TPSA) is 99.7 Å². The number of anilines is 4. The van der Waals surface area contributed by atoms with Crippen LogP contribution in [0.15, 0.2) is 48.7 Å². The molecule has 0 unspecified atom stereocenters. The number of hydrogen-bond donors (Lipinski definition) is 4. The van der Waals surface area contributed by atoms with Crippen LogP contribution in [0.4, 0.5) is 23.5 Å². The Hall–Kier alpha value is -3.42. The van der Waals surface area contributed by atoms with Crippen LogP contribution in [0.1, 0.15) is 35.9 Å². The van der Waals surface area contributed by atoms with E-state index in [2.05, 4.69) is 77.6 Å². The molecule has 0 saturated heterocycles. The van der Waals surface area contributed by atoms with Crippen molar-refractivity contribution in [2.75, 3.05) is 49.5 Å². The van der Waals surface area contributed by atoms with Crippen molar-refractivity contribution in [2.24, 2.45) is 0 Å². The molecule has 2 atom stereocenters. The molecule has 2 aromatic heterocycles. The van der Waals surface area contributed by atoms with E-state index in [1.54, 1.807) is 19.3 Å². The quantitative estimate of drug-likeness (QED) is 0.491. The molecule has 8 nitrogen and oxygen atoms in total. The summed E-state index contributed by atoms with van der Waals surface area (Å²) < 4.78 is 0. The third-order valence-electron chi connectivity index (χ3n) is 5.24. The summed E-state index contributed by atoms with van der Waals surface area (Å²) in [5.74, 6) is 4.09. The summed E-state index contributed by atoms with van der Waals surface area (Å²) in [6.45, 7) is 0. The maximum Gasteiger partial charge on any atom is 0.224 e. The maximum atomic E-state index is 4.64. The molecule has 30 heavy (non-hydrogen) atoms. The van der Waals surface area contributed by atoms with Gasteiger partial charge in [0.25, 0.3) is 0 Å². The van der Waals surface area contributed by atoms with Crippen molar-refractivity contribution < 1.29 is 0 Å². The van der Waals surface area contributed by atoms with Crippen LogP contribution < -0.4 is 21.3 Å². The molecule has 0 amide bonds. The van der Waals surface area contributed by atoms with Gasteiger partial charge in [-0.05, 0) is 30.4 Å². The first kappa shape index (κ1) is 21.3. The first-order valence-corrected chi connectivity index (χ1v) is 10.2. The van der Waals surface area contributed by atoms with Crippen LogP contribution in [0.5, 0.6) is 0 Å². The zero-order chi connectivity index (χ0) is 21.3. The van der Waals surface area contributed by atoms with Crippen molar-refractivity contribution in [3.05, 3.63) is 59.9 Å². The van der Waals surface area contributed by atoms with Crippen LogP contribution in [0.3, 0.4) is 0 Å². The lowest BCUT2D eigenvalue weighted by Crippen LogP contribution is -2.23. The highest BCUT2D eigenvalue weighted by Gasteiger charge is 2.34. The Morgan fingerprint density at radius 3 is 1.97 bits per heavy atom. The Labute approximate surface area is 178 Å². The summed E-state index contributed by atoms with van der Waals surface area (Å²) in [6, 6.07) is 14.6. The molecular weight excluding hydrogens is 376 g/mol. The second-order valence-electron chi connectivity index (χ2n) is 6.97. The second kappa shape index (κ2) is 10.4. The fourth-order valence-electron chi connectivity index (χ4n) is 3.47. The second-order valence-corrected chi connectivity index (χ2v) is 6.97. The minimum absolute atomic E-state index is 0.500. The fraction of sp³-hybridized carbons (Fsp3) is 0.364. The van der Waals surface area contributed by atoms with Gasteiger partial charge in [-0.1, -0.05) is 30.3 Å². The van der Waals surface area contributed by atoms with Gasteiger partial charge in [0.2, 0.25) is 11.9 Å². The van der Waals surface area contributed by atoms with E-state index >= 15 is 0 Å². The van der Waals surface area contributed by atoms with Crippen molar-refractivity contribution in [3.8, 4) is 0 Å². The van der Waals surface area contributed by atoms with E-state index in [1.807, 2.05) is 21.1 Å². The van der Waals surface area contributed by atoms with Gasteiger partial charge < -0.3 is 21.3 Å². The van der Waals surface area contributed by atoms with Gasteiger partial charge in [-0.3, -0.25) is 0 Å². The van der Waals surface area contributed by atoms with E-state index in [9.17, 15) is 0 Å². The average molecular weight is 407 g/mol. The van der Waals surface area contributed by atoms with Crippen molar-refractivity contribution in [3.63, 3.8) is 0 Å². The number of nitrogens with zero attached hydrogens (tertiary/aromatic N) is 4. The predicted octanol–water partition coefficient (Wildman–Crippen LogP) is 3.78. The zero-order valence-electron chi connectivity index (χ0n) is 18.0. The van der Waals surface area contributed by atoms with Gasteiger partial charge in [0.05, 0.1) is 5.69 Å². The molecule has 0 bridgehead atoms. The molecule has 4 rings (SSSR count). The van der Waals surface area contributed by atoms with E-state index in [4.69, 9.17) is 0 Å². The molecule has 1 fully saturated rings. The molecule has 0 spiro atoms. The minimum Gasteiger partial charge on any atom is -0.373 e. The average Bonchev–Trinajstić information content (AvgIpc) is 2.79. The number of hydrogen-bond acceptors (Lipinski definition) is 8. The Morgan fingerprint density at radius 2 is 1.37 bits per heavy atom. The van der Waals surface area contributed by atoms with Gasteiger partial charge >= 0.3 is 0 Å². The molecule has 2 heterocycles. The van der Waals surface area contributed by atoms with Crippen molar-refractivity contribution in [1.29, 1.82) is 0 Å². The molecule has 158 valence electrons. The van der Waals surface area contributed by atoms with Gasteiger partial charge in [-0.2, -0.15) is 9.97 Å². The third-order valence-corrected chi connectivity index (χ3v) is 5.24. The highest BCUT2D eigenvalue weighted by Crippen LogP contribution is 2.48. The first-order chi connectivity index (χ1) is 14.7. The Morgan fingerprint density at radius 1 is 0.700 bits per heavy atom. The smallest absolute Gasteiger partial charge is 0.224 e. The summed E-state index contributed by atoms with van der Waals surface area (Å²) in [5.41, 5.74) is 2.55. The van der Waals surface area contributed by atoms with Crippen LogP contribution in [0, 0.1) is 0 Å². The Balaban J connectivity index is 0.000000216. The summed E-state index contributed by atoms with van der Waals surface area (Å²) in [5, 5.41) is 11.9. The standard InChI is InChI=1S/C16H20N4.C6H10N4/c1-17-15-10-14(19-16(18-2)20-15)13-9-8-12(13)11-6-4-3-5-7-11;1-7-5-3-4-9-6(8-2)10-5/h3-7,10,12-13H,8-9H2,1-2H3,(H2,17,18,19,20);3-4H,1-2H3,(H2,7,8,9,10)/t12-,13-;/m0./s1. The molecule has 3 aromatic rings. The van der Waals surface area contributed by atoms with Crippen LogP contribution in [0.25, 0.3) is 0 Å². The van der Waals surface area contributed by atoms with Crippen molar-refractivity contribution in [2.45, 2.75) is 24.7 Å². The van der Waals surface area contributed by atoms with Crippen LogP contribution in [-0.4, -0.2) is 48.1 Å². The molecule has 4 N–H and O–H groups in total. The van der Waals surface area contributed by atoms with E-state index in [0.29, 0.717) is 23.7 Å². The van der Waals surface area contributed by atoms with Gasteiger partial charge in [0.15, 0.2) is 0 Å². The highest BCUT2D eigenvalue weighted by molar-refractivity contribution is 5.44. The number of rotatable bonds is 6. The minimum atomic E-state index is 0.500. The van der Waals surface area contributed by atoms with Gasteiger partial charge in [-0.15, -0.1) is 0 Å². The number of aromatic nitrogens is 4. The summed E-state index contributed by atoms with van der Waals surface area (Å²) in [4.78, 5) is 17.0. The molecule has 0 radical (unpaired) electrons. The first-order valence-electron chi connectivity index (χ1n) is 10.2. The maximum absolute atomic E-state index is 4.64. The van der Waals surface area contributed by atoms with Gasteiger partial charge in [-0.25, -0.2) is 9.97 Å². The van der Waals surface area contributed by atoms with E-state index in [0.717, 1.165) is 17.3 Å². The zero-order valence-corrected chi connectivity index (χ0v) is 18.0. The molecule has 0 aliphatic heterocycles. The lowest BCUT2D eigenvalue weighted by molar-refractivity contribution is 0.340. The van der Waals surface area contributed by atoms with Crippen LogP contribution >= 0.6 is 0 Å². The normalized spacial score (nSPS) is 17.1. The highest BCUT2D eigenvalue weighted by atomic mass is 15.1. The van der Waals surface area contributed by atoms with Gasteiger partial charge in [0.1, 0.15) is 11.6 Å². The SMILES string of the molecule is CNc1cc([C@H]2CC[C@H]2c2ccccc2)nc(NC)n1.CNc1ccnc(NC)n1. The lowest BCUT2D eigenvalue weighted by atomic mass is 9.68. The molecule has 1 saturated carbocycles. The summed E-state index contributed by atoms with van der Waals surface area (Å²) >= 11 is 0. The van der Waals surface area contributed by atoms with Gasteiger partial charge in [0, 0.05) is 46.4 Å². The Bertz CT molecular complexity index is 890. The third kappa shape index (κ3) is 5.14. The number of benzene rings is 1. The molecular formula is C22H30N8. The fourth-order valence-corrected chi connectivity index (χ4v) is 3.47. The molecule has 8 heteroatoms. The largest absolute Gasteiger partial charge is 0.373 e. The monoisotopic (exact) mass is 406 g/mol. The van der Waals surface area contributed by atoms with E-state index < -0.39 is 0 Å².